The molecular formula is C9H8ClF2NO2. The second-order valence-electron chi connectivity index (χ2n) is 2.93. The third-order valence-electron chi connectivity index (χ3n) is 1.92. The van der Waals surface area contributed by atoms with Gasteiger partial charge in [0, 0.05) is 5.02 Å². The molecular weight excluding hydrogens is 228 g/mol. The fourth-order valence-electron chi connectivity index (χ4n) is 1.06. The smallest absolute Gasteiger partial charge is 0.376 e. The Bertz CT molecular complexity index is 384. The lowest BCUT2D eigenvalue weighted by Crippen LogP contribution is -2.40. The molecule has 1 aromatic rings. The first-order chi connectivity index (χ1) is 6.87. The van der Waals surface area contributed by atoms with E-state index in [1.165, 1.54) is 24.3 Å². The highest BCUT2D eigenvalue weighted by molar-refractivity contribution is 6.31. The predicted octanol–water partition coefficient (Wildman–Crippen LogP) is 2.06. The van der Waals surface area contributed by atoms with Crippen LogP contribution in [-0.4, -0.2) is 17.0 Å². The van der Waals surface area contributed by atoms with E-state index >= 15 is 0 Å². The first-order valence-corrected chi connectivity index (χ1v) is 4.36. The van der Waals surface area contributed by atoms with E-state index in [1.807, 2.05) is 0 Å². The number of carboxylic acid groups (broad SMARTS) is 1. The highest BCUT2D eigenvalue weighted by Gasteiger charge is 2.46. The highest BCUT2D eigenvalue weighted by Crippen LogP contribution is 2.33. The number of alkyl halides is 2. The van der Waals surface area contributed by atoms with E-state index in [1.54, 1.807) is 0 Å². The standard InChI is InChI=1S/C9H8ClF2NO2/c10-6-4-2-1-3-5(6)7(13)9(11,12)8(14)15/h1-4,7H,13H2,(H,14,15)/t7-/m1/s1. The molecule has 3 N–H and O–H groups in total. The molecule has 0 aromatic heterocycles. The number of rotatable bonds is 3. The average molecular weight is 236 g/mol. The zero-order valence-corrected chi connectivity index (χ0v) is 8.21. The Morgan fingerprint density at radius 3 is 2.47 bits per heavy atom. The van der Waals surface area contributed by atoms with Gasteiger partial charge in [-0.15, -0.1) is 0 Å². The molecule has 6 heteroatoms. The van der Waals surface area contributed by atoms with Crippen LogP contribution in [0.15, 0.2) is 24.3 Å². The minimum Gasteiger partial charge on any atom is -0.477 e. The van der Waals surface area contributed by atoms with Crippen LogP contribution in [0.2, 0.25) is 5.02 Å². The summed E-state index contributed by atoms with van der Waals surface area (Å²) in [5.41, 5.74) is 5.07. The molecule has 82 valence electrons. The summed E-state index contributed by atoms with van der Waals surface area (Å²) in [4.78, 5) is 10.3. The number of benzene rings is 1. The number of carbonyl (C=O) groups is 1. The van der Waals surface area contributed by atoms with Crippen LogP contribution in [0.25, 0.3) is 0 Å². The molecule has 0 radical (unpaired) electrons. The number of hydrogen-bond acceptors (Lipinski definition) is 2. The van der Waals surface area contributed by atoms with Gasteiger partial charge in [0.15, 0.2) is 0 Å². The Morgan fingerprint density at radius 1 is 1.47 bits per heavy atom. The van der Waals surface area contributed by atoms with E-state index in [9.17, 15) is 13.6 Å². The van der Waals surface area contributed by atoms with Crippen LogP contribution < -0.4 is 5.73 Å². The second-order valence-corrected chi connectivity index (χ2v) is 3.33. The van der Waals surface area contributed by atoms with E-state index in [0.717, 1.165) is 0 Å². The molecule has 3 nitrogen and oxygen atoms in total. The first kappa shape index (κ1) is 11.9. The molecule has 0 aliphatic rings. The van der Waals surface area contributed by atoms with Crippen LogP contribution >= 0.6 is 11.6 Å². The van der Waals surface area contributed by atoms with E-state index < -0.39 is 17.9 Å². The van der Waals surface area contributed by atoms with Gasteiger partial charge in [0.1, 0.15) is 6.04 Å². The Hall–Kier alpha value is -1.20. The summed E-state index contributed by atoms with van der Waals surface area (Å²) in [5.74, 6) is -6.31. The Kier molecular flexibility index (Phi) is 3.26. The van der Waals surface area contributed by atoms with Gasteiger partial charge in [0.25, 0.3) is 0 Å². The van der Waals surface area contributed by atoms with Crippen molar-refractivity contribution in [3.05, 3.63) is 34.9 Å². The Labute approximate surface area is 89.5 Å². The molecule has 15 heavy (non-hydrogen) atoms. The fourth-order valence-corrected chi connectivity index (χ4v) is 1.31. The summed E-state index contributed by atoms with van der Waals surface area (Å²) in [7, 11) is 0. The van der Waals surface area contributed by atoms with Crippen LogP contribution in [0.3, 0.4) is 0 Å². The number of aliphatic carboxylic acids is 1. The molecule has 0 fully saturated rings. The first-order valence-electron chi connectivity index (χ1n) is 3.98. The molecule has 1 atom stereocenters. The van der Waals surface area contributed by atoms with Gasteiger partial charge in [-0.2, -0.15) is 8.78 Å². The Morgan fingerprint density at radius 2 is 2.00 bits per heavy atom. The van der Waals surface area contributed by atoms with Gasteiger partial charge in [-0.3, -0.25) is 0 Å². The summed E-state index contributed by atoms with van der Waals surface area (Å²) >= 11 is 5.62. The molecule has 0 aliphatic heterocycles. The van der Waals surface area contributed by atoms with Crippen LogP contribution in [0.5, 0.6) is 0 Å². The molecule has 0 saturated carbocycles. The molecule has 1 aromatic carbocycles. The molecule has 0 aliphatic carbocycles. The third-order valence-corrected chi connectivity index (χ3v) is 2.26. The normalized spacial score (nSPS) is 13.6. The van der Waals surface area contributed by atoms with Crippen LogP contribution in [0.1, 0.15) is 11.6 Å². The molecule has 0 bridgehead atoms. The molecule has 0 unspecified atom stereocenters. The molecule has 0 heterocycles. The van der Waals surface area contributed by atoms with Crippen LogP contribution in [-0.2, 0) is 4.79 Å². The van der Waals surface area contributed by atoms with Crippen molar-refractivity contribution >= 4 is 17.6 Å². The number of hydrogen-bond donors (Lipinski definition) is 2. The second kappa shape index (κ2) is 4.12. The Balaban J connectivity index is 3.10. The van der Waals surface area contributed by atoms with Gasteiger partial charge in [-0.05, 0) is 11.6 Å². The summed E-state index contributed by atoms with van der Waals surface area (Å²) < 4.78 is 26.0. The lowest BCUT2D eigenvalue weighted by molar-refractivity contribution is -0.168. The van der Waals surface area contributed by atoms with Crippen molar-refractivity contribution in [1.82, 2.24) is 0 Å². The van der Waals surface area contributed by atoms with Gasteiger partial charge in [0.2, 0.25) is 0 Å². The van der Waals surface area contributed by atoms with Crippen molar-refractivity contribution in [3.8, 4) is 0 Å². The van der Waals surface area contributed by atoms with E-state index in [-0.39, 0.29) is 10.6 Å². The van der Waals surface area contributed by atoms with Crippen molar-refractivity contribution in [2.45, 2.75) is 12.0 Å². The molecule has 0 saturated heterocycles. The topological polar surface area (TPSA) is 63.3 Å². The van der Waals surface area contributed by atoms with Gasteiger partial charge in [-0.1, -0.05) is 29.8 Å². The predicted molar refractivity (Wildman–Crippen MR) is 51.0 cm³/mol. The number of carboxylic acids is 1. The van der Waals surface area contributed by atoms with Crippen molar-refractivity contribution in [2.75, 3.05) is 0 Å². The van der Waals surface area contributed by atoms with Crippen molar-refractivity contribution in [2.24, 2.45) is 5.73 Å². The van der Waals surface area contributed by atoms with Gasteiger partial charge >= 0.3 is 11.9 Å². The maximum absolute atomic E-state index is 13.0. The minimum atomic E-state index is -4.04. The maximum atomic E-state index is 13.0. The quantitative estimate of drug-likeness (QED) is 0.843. The minimum absolute atomic E-state index is 0.0194. The van der Waals surface area contributed by atoms with Gasteiger partial charge in [-0.25, -0.2) is 4.79 Å². The van der Waals surface area contributed by atoms with Crippen molar-refractivity contribution < 1.29 is 18.7 Å². The summed E-state index contributed by atoms with van der Waals surface area (Å²) in [6.45, 7) is 0. The van der Waals surface area contributed by atoms with Crippen LogP contribution in [0.4, 0.5) is 8.78 Å². The van der Waals surface area contributed by atoms with Gasteiger partial charge in [0.05, 0.1) is 0 Å². The number of halogens is 3. The number of nitrogens with two attached hydrogens (primary N) is 1. The van der Waals surface area contributed by atoms with Crippen molar-refractivity contribution in [1.29, 1.82) is 0 Å². The highest BCUT2D eigenvalue weighted by atomic mass is 35.5. The third kappa shape index (κ3) is 2.24. The van der Waals surface area contributed by atoms with E-state index in [2.05, 4.69) is 0 Å². The van der Waals surface area contributed by atoms with E-state index in [0.29, 0.717) is 0 Å². The van der Waals surface area contributed by atoms with Gasteiger partial charge < -0.3 is 10.8 Å². The lowest BCUT2D eigenvalue weighted by Gasteiger charge is -2.20. The zero-order valence-electron chi connectivity index (χ0n) is 7.45. The molecule has 1 rings (SSSR count). The summed E-state index contributed by atoms with van der Waals surface area (Å²) in [6.07, 6.45) is 0. The maximum Gasteiger partial charge on any atom is 0.376 e. The molecule has 0 spiro atoms. The SMILES string of the molecule is N[C@H](c1ccccc1Cl)C(F)(F)C(=O)O. The largest absolute Gasteiger partial charge is 0.477 e. The van der Waals surface area contributed by atoms with E-state index in [4.69, 9.17) is 22.4 Å². The molecule has 0 amide bonds. The monoisotopic (exact) mass is 235 g/mol. The zero-order chi connectivity index (χ0) is 11.6. The lowest BCUT2D eigenvalue weighted by atomic mass is 10.0. The van der Waals surface area contributed by atoms with Crippen LogP contribution in [0, 0.1) is 0 Å². The summed E-state index contributed by atoms with van der Waals surface area (Å²) in [5, 5.41) is 8.31. The van der Waals surface area contributed by atoms with Crippen molar-refractivity contribution in [3.63, 3.8) is 0 Å². The average Bonchev–Trinajstić information content (AvgIpc) is 2.17. The fraction of sp³-hybridized carbons (Fsp3) is 0.222. The summed E-state index contributed by atoms with van der Waals surface area (Å²) in [6, 6.07) is 3.68.